The van der Waals surface area contributed by atoms with E-state index in [2.05, 4.69) is 24.1 Å². The second-order valence-corrected chi connectivity index (χ2v) is 6.29. The Bertz CT molecular complexity index is 448. The summed E-state index contributed by atoms with van der Waals surface area (Å²) < 4.78 is 14.5. The molecule has 2 unspecified atom stereocenters. The van der Waals surface area contributed by atoms with Crippen molar-refractivity contribution in [2.75, 3.05) is 20.1 Å². The molecule has 1 aromatic rings. The summed E-state index contributed by atoms with van der Waals surface area (Å²) in [5.41, 5.74) is 0.742. The van der Waals surface area contributed by atoms with Gasteiger partial charge >= 0.3 is 0 Å². The van der Waals surface area contributed by atoms with Gasteiger partial charge in [-0.3, -0.25) is 4.90 Å². The zero-order chi connectivity index (χ0) is 14.7. The van der Waals surface area contributed by atoms with Crippen LogP contribution in [0.15, 0.2) is 18.2 Å². The van der Waals surface area contributed by atoms with Crippen LogP contribution in [0.2, 0.25) is 5.02 Å². The normalized spacial score (nSPS) is 24.3. The predicted octanol–water partition coefficient (Wildman–Crippen LogP) is 3.86. The van der Waals surface area contributed by atoms with E-state index in [9.17, 15) is 4.39 Å². The van der Waals surface area contributed by atoms with E-state index in [1.807, 2.05) is 19.2 Å². The summed E-state index contributed by atoms with van der Waals surface area (Å²) in [5.74, 6) is 0.164. The van der Waals surface area contributed by atoms with Crippen LogP contribution in [0.25, 0.3) is 0 Å². The molecule has 0 bridgehead atoms. The Balaban J connectivity index is 2.40. The molecule has 1 heterocycles. The summed E-state index contributed by atoms with van der Waals surface area (Å²) in [6.45, 7) is 6.28. The number of halogens is 2. The van der Waals surface area contributed by atoms with Crippen LogP contribution in [-0.4, -0.2) is 31.1 Å². The van der Waals surface area contributed by atoms with E-state index < -0.39 is 0 Å². The van der Waals surface area contributed by atoms with Gasteiger partial charge < -0.3 is 5.32 Å². The molecule has 1 saturated heterocycles. The van der Waals surface area contributed by atoms with E-state index in [-0.39, 0.29) is 16.9 Å². The average Bonchev–Trinajstić information content (AvgIpc) is 2.42. The van der Waals surface area contributed by atoms with Gasteiger partial charge in [0.25, 0.3) is 0 Å². The molecule has 2 nitrogen and oxygen atoms in total. The van der Waals surface area contributed by atoms with E-state index >= 15 is 0 Å². The second kappa shape index (κ2) is 6.88. The molecule has 0 aliphatic carbocycles. The van der Waals surface area contributed by atoms with Gasteiger partial charge in [-0.1, -0.05) is 23.7 Å². The Kier molecular flexibility index (Phi) is 5.42. The molecule has 4 heteroatoms. The molecule has 1 aliphatic rings. The third kappa shape index (κ3) is 3.16. The first-order valence-corrected chi connectivity index (χ1v) is 7.78. The monoisotopic (exact) mass is 298 g/mol. The fraction of sp³-hybridized carbons (Fsp3) is 0.625. The topological polar surface area (TPSA) is 15.3 Å². The van der Waals surface area contributed by atoms with Crippen molar-refractivity contribution in [3.8, 4) is 0 Å². The van der Waals surface area contributed by atoms with Crippen molar-refractivity contribution < 1.29 is 4.39 Å². The molecule has 2 atom stereocenters. The largest absolute Gasteiger partial charge is 0.319 e. The molecule has 112 valence electrons. The third-order valence-corrected chi connectivity index (χ3v) is 4.52. The quantitative estimate of drug-likeness (QED) is 0.908. The van der Waals surface area contributed by atoms with Crippen molar-refractivity contribution in [1.82, 2.24) is 10.2 Å². The zero-order valence-corrected chi connectivity index (χ0v) is 13.3. The minimum Gasteiger partial charge on any atom is -0.319 e. The van der Waals surface area contributed by atoms with Gasteiger partial charge in [0.2, 0.25) is 0 Å². The Morgan fingerprint density at radius 1 is 1.45 bits per heavy atom. The molecule has 20 heavy (non-hydrogen) atoms. The third-order valence-electron chi connectivity index (χ3n) is 4.22. The zero-order valence-electron chi connectivity index (χ0n) is 12.5. The lowest BCUT2D eigenvalue weighted by atomic mass is 9.83. The summed E-state index contributed by atoms with van der Waals surface area (Å²) in [6.07, 6.45) is 2.30. The maximum atomic E-state index is 14.5. The van der Waals surface area contributed by atoms with Gasteiger partial charge in [0.1, 0.15) is 5.82 Å². The van der Waals surface area contributed by atoms with Crippen molar-refractivity contribution in [2.24, 2.45) is 5.92 Å². The standard InChI is InChI=1S/C16H24ClFN2/c1-11(2)20-9-5-6-12(10-19-3)16(20)13-7-4-8-14(17)15(13)18/h4,7-8,11-12,16,19H,5-6,9-10H2,1-3H3. The molecule has 0 aromatic heterocycles. The number of nitrogens with one attached hydrogen (secondary N) is 1. The van der Waals surface area contributed by atoms with Crippen LogP contribution in [0.4, 0.5) is 4.39 Å². The number of benzene rings is 1. The molecule has 0 saturated carbocycles. The van der Waals surface area contributed by atoms with E-state index in [0.717, 1.165) is 25.1 Å². The molecule has 0 spiro atoms. The predicted molar refractivity (Wildman–Crippen MR) is 82.6 cm³/mol. The number of nitrogens with zero attached hydrogens (tertiary/aromatic N) is 1. The maximum absolute atomic E-state index is 14.5. The van der Waals surface area contributed by atoms with Crippen LogP contribution in [0.5, 0.6) is 0 Å². The minimum atomic E-state index is -0.257. The number of likely N-dealkylation sites (tertiary alicyclic amines) is 1. The van der Waals surface area contributed by atoms with Crippen molar-refractivity contribution in [2.45, 2.75) is 38.8 Å². The molecule has 1 N–H and O–H groups in total. The maximum Gasteiger partial charge on any atom is 0.146 e. The van der Waals surface area contributed by atoms with Crippen molar-refractivity contribution in [1.29, 1.82) is 0 Å². The second-order valence-electron chi connectivity index (χ2n) is 5.88. The van der Waals surface area contributed by atoms with Crippen LogP contribution in [0.3, 0.4) is 0 Å². The van der Waals surface area contributed by atoms with E-state index in [1.165, 1.54) is 6.42 Å². The first-order chi connectivity index (χ1) is 9.56. The lowest BCUT2D eigenvalue weighted by Crippen LogP contribution is -2.45. The molecule has 1 fully saturated rings. The summed E-state index contributed by atoms with van der Waals surface area (Å²) >= 11 is 5.98. The van der Waals surface area contributed by atoms with Gasteiger partial charge in [-0.15, -0.1) is 0 Å². The highest BCUT2D eigenvalue weighted by Gasteiger charge is 2.35. The lowest BCUT2D eigenvalue weighted by Gasteiger charge is -2.44. The van der Waals surface area contributed by atoms with E-state index in [4.69, 9.17) is 11.6 Å². The molecular weight excluding hydrogens is 275 g/mol. The Morgan fingerprint density at radius 2 is 2.20 bits per heavy atom. The first-order valence-electron chi connectivity index (χ1n) is 7.40. The highest BCUT2D eigenvalue weighted by atomic mass is 35.5. The fourth-order valence-electron chi connectivity index (χ4n) is 3.34. The average molecular weight is 299 g/mol. The number of rotatable bonds is 4. The molecule has 1 aliphatic heterocycles. The Hall–Kier alpha value is -0.640. The summed E-state index contributed by atoms with van der Waals surface area (Å²) in [5, 5.41) is 3.47. The number of hydrogen-bond donors (Lipinski definition) is 1. The summed E-state index contributed by atoms with van der Waals surface area (Å²) in [4.78, 5) is 2.40. The molecule has 0 amide bonds. The summed E-state index contributed by atoms with van der Waals surface area (Å²) in [7, 11) is 1.96. The van der Waals surface area contributed by atoms with Crippen LogP contribution in [0.1, 0.15) is 38.3 Å². The van der Waals surface area contributed by atoms with Gasteiger partial charge in [0.15, 0.2) is 0 Å². The van der Waals surface area contributed by atoms with Gasteiger partial charge in [0.05, 0.1) is 5.02 Å². The van der Waals surface area contributed by atoms with Crippen LogP contribution >= 0.6 is 11.6 Å². The molecule has 2 rings (SSSR count). The van der Waals surface area contributed by atoms with Gasteiger partial charge in [0, 0.05) is 17.6 Å². The van der Waals surface area contributed by atoms with Crippen LogP contribution in [-0.2, 0) is 0 Å². The van der Waals surface area contributed by atoms with Crippen molar-refractivity contribution in [3.63, 3.8) is 0 Å². The van der Waals surface area contributed by atoms with Crippen molar-refractivity contribution in [3.05, 3.63) is 34.6 Å². The van der Waals surface area contributed by atoms with Gasteiger partial charge in [-0.25, -0.2) is 4.39 Å². The highest BCUT2D eigenvalue weighted by Crippen LogP contribution is 2.39. The highest BCUT2D eigenvalue weighted by molar-refractivity contribution is 6.30. The lowest BCUT2D eigenvalue weighted by molar-refractivity contribution is 0.0613. The van der Waals surface area contributed by atoms with Crippen molar-refractivity contribution >= 4 is 11.6 Å². The van der Waals surface area contributed by atoms with E-state index in [0.29, 0.717) is 12.0 Å². The smallest absolute Gasteiger partial charge is 0.146 e. The van der Waals surface area contributed by atoms with E-state index in [1.54, 1.807) is 6.07 Å². The first kappa shape index (κ1) is 15.7. The summed E-state index contributed by atoms with van der Waals surface area (Å²) in [6, 6.07) is 5.86. The Morgan fingerprint density at radius 3 is 2.85 bits per heavy atom. The molecule has 0 radical (unpaired) electrons. The van der Waals surface area contributed by atoms with Gasteiger partial charge in [-0.05, 0) is 58.8 Å². The van der Waals surface area contributed by atoms with Gasteiger partial charge in [-0.2, -0.15) is 0 Å². The molecule has 1 aromatic carbocycles. The van der Waals surface area contributed by atoms with Crippen LogP contribution in [0, 0.1) is 11.7 Å². The Labute approximate surface area is 126 Å². The van der Waals surface area contributed by atoms with Crippen LogP contribution < -0.4 is 5.32 Å². The number of hydrogen-bond acceptors (Lipinski definition) is 2. The number of piperidine rings is 1. The minimum absolute atomic E-state index is 0.106. The SMILES string of the molecule is CNCC1CCCN(C(C)C)C1c1cccc(Cl)c1F. The fourth-order valence-corrected chi connectivity index (χ4v) is 3.52. The molecular formula is C16H24ClFN2.